The minimum absolute atomic E-state index is 0.0766. The molecule has 0 spiro atoms. The second kappa shape index (κ2) is 4.86. The van der Waals surface area contributed by atoms with Crippen LogP contribution in [-0.2, 0) is 6.42 Å². The van der Waals surface area contributed by atoms with Gasteiger partial charge in [0.1, 0.15) is 4.49 Å². The molecule has 16 heavy (non-hydrogen) atoms. The van der Waals surface area contributed by atoms with E-state index in [4.69, 9.17) is 23.2 Å². The Kier molecular flexibility index (Phi) is 3.47. The molecular weight excluding hydrogens is 243 g/mol. The highest BCUT2D eigenvalue weighted by Crippen LogP contribution is 2.25. The zero-order chi connectivity index (χ0) is 11.5. The molecule has 1 aromatic rings. The van der Waals surface area contributed by atoms with Gasteiger partial charge in [-0.25, -0.2) is 0 Å². The predicted octanol–water partition coefficient (Wildman–Crippen LogP) is 4.06. The Morgan fingerprint density at radius 1 is 1.19 bits per heavy atom. The molecule has 1 nitrogen and oxygen atoms in total. The van der Waals surface area contributed by atoms with Crippen LogP contribution in [0, 0.1) is 0 Å². The fourth-order valence-corrected chi connectivity index (χ4v) is 1.96. The number of carbonyl (C=O) groups is 1. The number of Topliss-reactive ketones (excluding diaryl/α,β-unsaturated/α-hetero) is 1. The minimum atomic E-state index is 0.0766. The zero-order valence-corrected chi connectivity index (χ0v) is 10.1. The van der Waals surface area contributed by atoms with Crippen molar-refractivity contribution < 1.29 is 4.79 Å². The van der Waals surface area contributed by atoms with Crippen molar-refractivity contribution in [1.82, 2.24) is 0 Å². The van der Waals surface area contributed by atoms with Crippen LogP contribution in [0.1, 0.15) is 22.3 Å². The number of ketones is 1. The second-order valence-electron chi connectivity index (χ2n) is 3.63. The maximum atomic E-state index is 12.0. The molecule has 0 saturated carbocycles. The van der Waals surface area contributed by atoms with E-state index in [-0.39, 0.29) is 10.3 Å². The maximum absolute atomic E-state index is 12.0. The minimum Gasteiger partial charge on any atom is -0.289 e. The normalized spacial score (nSPS) is 17.1. The number of rotatable bonds is 1. The molecule has 1 aliphatic rings. The Labute approximate surface area is 104 Å². The number of halogens is 2. The van der Waals surface area contributed by atoms with Gasteiger partial charge >= 0.3 is 0 Å². The lowest BCUT2D eigenvalue weighted by Gasteiger charge is -2.16. The lowest BCUT2D eigenvalue weighted by molar-refractivity contribution is 0.102. The van der Waals surface area contributed by atoms with Gasteiger partial charge in [0.15, 0.2) is 5.78 Å². The van der Waals surface area contributed by atoms with Crippen LogP contribution in [0.3, 0.4) is 0 Å². The molecule has 0 amide bonds. The van der Waals surface area contributed by atoms with Gasteiger partial charge in [0.05, 0.1) is 0 Å². The van der Waals surface area contributed by atoms with Gasteiger partial charge in [-0.1, -0.05) is 53.5 Å². The molecule has 0 unspecified atom stereocenters. The van der Waals surface area contributed by atoms with Crippen molar-refractivity contribution >= 4 is 29.0 Å². The average molecular weight is 253 g/mol. The van der Waals surface area contributed by atoms with Crippen LogP contribution in [-0.4, -0.2) is 5.78 Å². The second-order valence-corrected chi connectivity index (χ2v) is 4.64. The fraction of sp³-hybridized carbons (Fsp3) is 0.154. The summed E-state index contributed by atoms with van der Waals surface area (Å²) in [5.41, 5.74) is 2.67. The molecular formula is C13H10Cl2O. The van der Waals surface area contributed by atoms with E-state index in [0.717, 1.165) is 29.5 Å². The van der Waals surface area contributed by atoms with Crippen molar-refractivity contribution in [2.24, 2.45) is 0 Å². The third-order valence-corrected chi connectivity index (χ3v) is 2.88. The lowest BCUT2D eigenvalue weighted by Crippen LogP contribution is -2.13. The summed E-state index contributed by atoms with van der Waals surface area (Å²) in [5.74, 6) is 0.0766. The highest BCUT2D eigenvalue weighted by Gasteiger charge is 2.20. The van der Waals surface area contributed by atoms with Crippen LogP contribution in [0.4, 0.5) is 0 Å². The third-order valence-electron chi connectivity index (χ3n) is 2.63. The van der Waals surface area contributed by atoms with Crippen LogP contribution >= 0.6 is 23.2 Å². The van der Waals surface area contributed by atoms with Crippen molar-refractivity contribution in [3.8, 4) is 0 Å². The van der Waals surface area contributed by atoms with Crippen LogP contribution in [0.2, 0.25) is 0 Å². The summed E-state index contributed by atoms with van der Waals surface area (Å²) in [7, 11) is 0. The molecule has 82 valence electrons. The van der Waals surface area contributed by atoms with Crippen LogP contribution < -0.4 is 0 Å². The van der Waals surface area contributed by atoms with Crippen molar-refractivity contribution in [2.45, 2.75) is 12.8 Å². The van der Waals surface area contributed by atoms with Crippen molar-refractivity contribution in [3.05, 3.63) is 57.6 Å². The van der Waals surface area contributed by atoms with Gasteiger partial charge < -0.3 is 0 Å². The Balaban J connectivity index is 2.35. The van der Waals surface area contributed by atoms with Gasteiger partial charge in [-0.2, -0.15) is 0 Å². The number of fused-ring (bicyclic) bond motifs is 1. The summed E-state index contributed by atoms with van der Waals surface area (Å²) in [4.78, 5) is 12.0. The molecule has 0 N–H and O–H groups in total. The summed E-state index contributed by atoms with van der Waals surface area (Å²) < 4.78 is 0.166. The summed E-state index contributed by atoms with van der Waals surface area (Å²) in [6.07, 6.45) is 4.88. The largest absolute Gasteiger partial charge is 0.289 e. The van der Waals surface area contributed by atoms with Gasteiger partial charge in [0.25, 0.3) is 0 Å². The fourth-order valence-electron chi connectivity index (χ4n) is 1.84. The first kappa shape index (κ1) is 11.4. The quantitative estimate of drug-likeness (QED) is 0.689. The van der Waals surface area contributed by atoms with Gasteiger partial charge in [-0.15, -0.1) is 0 Å². The molecule has 3 heteroatoms. The van der Waals surface area contributed by atoms with E-state index in [2.05, 4.69) is 0 Å². The molecule has 0 radical (unpaired) electrons. The number of hydrogen-bond donors (Lipinski definition) is 0. The Hall–Kier alpha value is -1.05. The molecule has 2 rings (SSSR count). The number of hydrogen-bond acceptors (Lipinski definition) is 1. The number of benzene rings is 1. The first-order valence-electron chi connectivity index (χ1n) is 5.03. The van der Waals surface area contributed by atoms with Crippen LogP contribution in [0.25, 0.3) is 0 Å². The molecule has 0 atom stereocenters. The van der Waals surface area contributed by atoms with Crippen LogP contribution in [0.15, 0.2) is 46.5 Å². The lowest BCUT2D eigenvalue weighted by atomic mass is 9.87. The van der Waals surface area contributed by atoms with E-state index in [1.54, 1.807) is 12.2 Å². The van der Waals surface area contributed by atoms with E-state index in [9.17, 15) is 4.79 Å². The number of allylic oxidation sites excluding steroid dienone is 3. The van der Waals surface area contributed by atoms with Crippen molar-refractivity contribution in [1.29, 1.82) is 0 Å². The highest BCUT2D eigenvalue weighted by molar-refractivity contribution is 6.56. The number of aryl methyl sites for hydroxylation is 1. The topological polar surface area (TPSA) is 17.1 Å². The van der Waals surface area contributed by atoms with Gasteiger partial charge in [0.2, 0.25) is 0 Å². The summed E-state index contributed by atoms with van der Waals surface area (Å²) in [6.45, 7) is 0. The molecule has 0 aromatic heterocycles. The van der Waals surface area contributed by atoms with Crippen molar-refractivity contribution in [3.63, 3.8) is 0 Å². The Bertz CT molecular complexity index is 482. The Morgan fingerprint density at radius 2 is 1.94 bits per heavy atom. The average Bonchev–Trinajstić information content (AvgIpc) is 2.28. The zero-order valence-electron chi connectivity index (χ0n) is 8.54. The maximum Gasteiger partial charge on any atom is 0.189 e. The third kappa shape index (κ3) is 2.37. The Morgan fingerprint density at radius 3 is 2.69 bits per heavy atom. The van der Waals surface area contributed by atoms with Crippen LogP contribution in [0.5, 0.6) is 0 Å². The molecule has 0 heterocycles. The van der Waals surface area contributed by atoms with E-state index in [1.165, 1.54) is 0 Å². The molecule has 0 fully saturated rings. The van der Waals surface area contributed by atoms with Gasteiger partial charge in [-0.3, -0.25) is 4.79 Å². The first-order chi connectivity index (χ1) is 7.68. The monoisotopic (exact) mass is 252 g/mol. The summed E-state index contributed by atoms with van der Waals surface area (Å²) in [6, 6.07) is 7.69. The molecule has 1 aromatic carbocycles. The summed E-state index contributed by atoms with van der Waals surface area (Å²) >= 11 is 11.0. The van der Waals surface area contributed by atoms with E-state index >= 15 is 0 Å². The number of carbonyl (C=O) groups excluding carboxylic acids is 1. The van der Waals surface area contributed by atoms with E-state index in [0.29, 0.717) is 0 Å². The van der Waals surface area contributed by atoms with E-state index in [1.807, 2.05) is 24.3 Å². The molecule has 0 aliphatic heterocycles. The van der Waals surface area contributed by atoms with E-state index < -0.39 is 0 Å². The predicted molar refractivity (Wildman–Crippen MR) is 67.0 cm³/mol. The molecule has 1 aliphatic carbocycles. The molecule has 0 saturated heterocycles. The SMILES string of the molecule is O=C1C(=CC=C(Cl)Cl)CCc2ccccc21. The summed E-state index contributed by atoms with van der Waals surface area (Å²) in [5, 5.41) is 0. The highest BCUT2D eigenvalue weighted by atomic mass is 35.5. The van der Waals surface area contributed by atoms with Gasteiger partial charge in [0, 0.05) is 11.1 Å². The molecule has 0 bridgehead atoms. The first-order valence-corrected chi connectivity index (χ1v) is 5.78. The van der Waals surface area contributed by atoms with Crippen molar-refractivity contribution in [2.75, 3.05) is 0 Å². The standard InChI is InChI=1S/C13H10Cl2O/c14-12(15)8-7-10-6-5-9-3-1-2-4-11(9)13(10)16/h1-4,7-8H,5-6H2. The smallest absolute Gasteiger partial charge is 0.189 e. The van der Waals surface area contributed by atoms with Gasteiger partial charge in [-0.05, 0) is 24.5 Å².